The third-order valence-electron chi connectivity index (χ3n) is 4.54. The van der Waals surface area contributed by atoms with Crippen LogP contribution in [0.5, 0.6) is 0 Å². The smallest absolute Gasteiger partial charge is 0.164 e. The van der Waals surface area contributed by atoms with Gasteiger partial charge < -0.3 is 11.1 Å². The minimum absolute atomic E-state index is 0.340. The SMILES string of the molecule is C=Cn1ncc(-c2cccc(Cl)c2)c1/N=C(\C)N[C@H]1CC[C@H](N)CC1. The highest BCUT2D eigenvalue weighted by Gasteiger charge is 2.19. The van der Waals surface area contributed by atoms with E-state index in [-0.39, 0.29) is 0 Å². The van der Waals surface area contributed by atoms with Gasteiger partial charge >= 0.3 is 0 Å². The molecule has 132 valence electrons. The Kier molecular flexibility index (Phi) is 5.56. The second kappa shape index (κ2) is 7.85. The average Bonchev–Trinajstić information content (AvgIpc) is 2.99. The Hall–Kier alpha value is -2.11. The number of rotatable bonds is 4. The summed E-state index contributed by atoms with van der Waals surface area (Å²) >= 11 is 6.13. The molecule has 3 rings (SSSR count). The molecule has 3 N–H and O–H groups in total. The molecule has 0 atom stereocenters. The summed E-state index contributed by atoms with van der Waals surface area (Å²) in [5.74, 6) is 1.61. The van der Waals surface area contributed by atoms with Gasteiger partial charge in [-0.25, -0.2) is 9.67 Å². The largest absolute Gasteiger partial charge is 0.371 e. The van der Waals surface area contributed by atoms with Crippen LogP contribution >= 0.6 is 11.6 Å². The standard InChI is InChI=1S/C19H24ClN5/c1-3-25-19(18(12-22-25)14-5-4-6-15(20)11-14)24-13(2)23-17-9-7-16(21)8-10-17/h3-6,11-12,16-17H,1,7-10,21H2,2H3,(H,23,24)/t16-,17-. The lowest BCUT2D eigenvalue weighted by Crippen LogP contribution is -2.39. The highest BCUT2D eigenvalue weighted by atomic mass is 35.5. The second-order valence-electron chi connectivity index (χ2n) is 6.47. The molecule has 1 aliphatic rings. The lowest BCUT2D eigenvalue weighted by molar-refractivity contribution is 0.373. The van der Waals surface area contributed by atoms with E-state index in [1.165, 1.54) is 0 Å². The van der Waals surface area contributed by atoms with Gasteiger partial charge in [-0.2, -0.15) is 5.10 Å². The minimum atomic E-state index is 0.340. The number of amidine groups is 1. The van der Waals surface area contributed by atoms with Crippen LogP contribution in [0.15, 0.2) is 42.0 Å². The maximum Gasteiger partial charge on any atom is 0.164 e. The Morgan fingerprint density at radius 1 is 1.40 bits per heavy atom. The Bertz CT molecular complexity index is 772. The van der Waals surface area contributed by atoms with Crippen LogP contribution in [0, 0.1) is 0 Å². The van der Waals surface area contributed by atoms with Gasteiger partial charge in [0.25, 0.3) is 0 Å². The van der Waals surface area contributed by atoms with Gasteiger partial charge in [-0.05, 0) is 50.3 Å². The van der Waals surface area contributed by atoms with Gasteiger partial charge in [0.2, 0.25) is 0 Å². The van der Waals surface area contributed by atoms with E-state index in [1.807, 2.05) is 31.2 Å². The van der Waals surface area contributed by atoms with Crippen LogP contribution in [0.3, 0.4) is 0 Å². The second-order valence-corrected chi connectivity index (χ2v) is 6.91. The van der Waals surface area contributed by atoms with Crippen molar-refractivity contribution in [2.75, 3.05) is 0 Å². The van der Waals surface area contributed by atoms with E-state index >= 15 is 0 Å². The molecule has 2 aromatic rings. The molecule has 0 radical (unpaired) electrons. The summed E-state index contributed by atoms with van der Waals surface area (Å²) < 4.78 is 1.68. The number of aliphatic imine (C=N–C) groups is 1. The molecule has 0 saturated heterocycles. The van der Waals surface area contributed by atoms with E-state index in [1.54, 1.807) is 17.1 Å². The molecule has 6 heteroatoms. The predicted molar refractivity (Wildman–Crippen MR) is 105 cm³/mol. The fourth-order valence-corrected chi connectivity index (χ4v) is 3.40. The van der Waals surface area contributed by atoms with Crippen molar-refractivity contribution in [3.05, 3.63) is 42.1 Å². The molecule has 0 amide bonds. The molecule has 5 nitrogen and oxygen atoms in total. The van der Waals surface area contributed by atoms with Gasteiger partial charge in [-0.15, -0.1) is 0 Å². The van der Waals surface area contributed by atoms with Crippen molar-refractivity contribution in [2.24, 2.45) is 10.7 Å². The van der Waals surface area contributed by atoms with Crippen LogP contribution < -0.4 is 11.1 Å². The summed E-state index contributed by atoms with van der Waals surface area (Å²) in [5.41, 5.74) is 7.89. The molecule has 25 heavy (non-hydrogen) atoms. The van der Waals surface area contributed by atoms with Crippen LogP contribution in [0.2, 0.25) is 5.02 Å². The first-order valence-electron chi connectivity index (χ1n) is 8.60. The Labute approximate surface area is 153 Å². The zero-order chi connectivity index (χ0) is 17.8. The van der Waals surface area contributed by atoms with E-state index in [9.17, 15) is 0 Å². The summed E-state index contributed by atoms with van der Waals surface area (Å²) in [4.78, 5) is 4.77. The van der Waals surface area contributed by atoms with Gasteiger partial charge in [0.15, 0.2) is 5.82 Å². The van der Waals surface area contributed by atoms with Crippen LogP contribution in [-0.2, 0) is 0 Å². The molecule has 0 unspecified atom stereocenters. The molecule has 0 spiro atoms. The number of nitrogens with zero attached hydrogens (tertiary/aromatic N) is 3. The zero-order valence-electron chi connectivity index (χ0n) is 14.5. The zero-order valence-corrected chi connectivity index (χ0v) is 15.2. The van der Waals surface area contributed by atoms with Crippen molar-refractivity contribution in [1.29, 1.82) is 0 Å². The van der Waals surface area contributed by atoms with Crippen molar-refractivity contribution < 1.29 is 0 Å². The summed E-state index contributed by atoms with van der Waals surface area (Å²) in [6.45, 7) is 5.80. The lowest BCUT2D eigenvalue weighted by atomic mass is 9.92. The normalized spacial score (nSPS) is 21.2. The third kappa shape index (κ3) is 4.30. The van der Waals surface area contributed by atoms with E-state index < -0.39 is 0 Å². The molecule has 1 aliphatic carbocycles. The summed E-state index contributed by atoms with van der Waals surface area (Å²) in [5, 5.41) is 8.55. The predicted octanol–water partition coefficient (Wildman–Crippen LogP) is 4.21. The quantitative estimate of drug-likeness (QED) is 0.636. The summed E-state index contributed by atoms with van der Waals surface area (Å²) in [6.07, 6.45) is 7.72. The fraction of sp³-hybridized carbons (Fsp3) is 0.368. The molecular weight excluding hydrogens is 334 g/mol. The maximum atomic E-state index is 6.13. The molecule has 1 aromatic heterocycles. The van der Waals surface area contributed by atoms with Gasteiger partial charge in [-0.3, -0.25) is 0 Å². The molecule has 0 aliphatic heterocycles. The van der Waals surface area contributed by atoms with E-state index in [0.29, 0.717) is 17.1 Å². The molecule has 0 bridgehead atoms. The van der Waals surface area contributed by atoms with Crippen molar-refractivity contribution in [3.8, 4) is 11.1 Å². The summed E-state index contributed by atoms with van der Waals surface area (Å²) in [6, 6.07) is 8.46. The van der Waals surface area contributed by atoms with Crippen LogP contribution in [0.25, 0.3) is 17.3 Å². The minimum Gasteiger partial charge on any atom is -0.371 e. The fourth-order valence-electron chi connectivity index (χ4n) is 3.21. The van der Waals surface area contributed by atoms with E-state index in [0.717, 1.165) is 48.5 Å². The van der Waals surface area contributed by atoms with Crippen LogP contribution in [0.4, 0.5) is 5.82 Å². The molecule has 1 aromatic carbocycles. The topological polar surface area (TPSA) is 68.2 Å². The van der Waals surface area contributed by atoms with Crippen LogP contribution in [-0.4, -0.2) is 27.7 Å². The number of halogens is 1. The first kappa shape index (κ1) is 17.7. The average molecular weight is 358 g/mol. The van der Waals surface area contributed by atoms with Crippen molar-refractivity contribution >= 4 is 29.5 Å². The maximum absolute atomic E-state index is 6.13. The van der Waals surface area contributed by atoms with Crippen LogP contribution in [0.1, 0.15) is 32.6 Å². The van der Waals surface area contributed by atoms with Gasteiger partial charge in [0, 0.05) is 28.9 Å². The lowest BCUT2D eigenvalue weighted by Gasteiger charge is -2.27. The number of nitrogens with two attached hydrogens (primary N) is 1. The number of hydrogen-bond donors (Lipinski definition) is 2. The van der Waals surface area contributed by atoms with E-state index in [2.05, 4.69) is 17.0 Å². The summed E-state index contributed by atoms with van der Waals surface area (Å²) in [7, 11) is 0. The highest BCUT2D eigenvalue weighted by molar-refractivity contribution is 6.30. The molecule has 1 heterocycles. The van der Waals surface area contributed by atoms with E-state index in [4.69, 9.17) is 22.3 Å². The molecule has 1 saturated carbocycles. The van der Waals surface area contributed by atoms with Gasteiger partial charge in [-0.1, -0.05) is 30.3 Å². The number of aromatic nitrogens is 2. The third-order valence-corrected chi connectivity index (χ3v) is 4.77. The monoisotopic (exact) mass is 357 g/mol. The Balaban J connectivity index is 1.85. The van der Waals surface area contributed by atoms with Gasteiger partial charge in [0.1, 0.15) is 5.84 Å². The number of benzene rings is 1. The Morgan fingerprint density at radius 2 is 2.16 bits per heavy atom. The first-order valence-corrected chi connectivity index (χ1v) is 8.98. The highest BCUT2D eigenvalue weighted by Crippen LogP contribution is 2.32. The Morgan fingerprint density at radius 3 is 2.84 bits per heavy atom. The van der Waals surface area contributed by atoms with Crippen molar-refractivity contribution in [1.82, 2.24) is 15.1 Å². The van der Waals surface area contributed by atoms with Gasteiger partial charge in [0.05, 0.1) is 6.20 Å². The number of nitrogens with one attached hydrogen (secondary N) is 1. The van der Waals surface area contributed by atoms with Crippen molar-refractivity contribution in [2.45, 2.75) is 44.7 Å². The number of hydrogen-bond acceptors (Lipinski definition) is 3. The molecule has 1 fully saturated rings. The first-order chi connectivity index (χ1) is 12.1. The molecular formula is C19H24ClN5. The van der Waals surface area contributed by atoms with Crippen molar-refractivity contribution in [3.63, 3.8) is 0 Å².